The van der Waals surface area contributed by atoms with Crippen LogP contribution in [0.2, 0.25) is 0 Å². The van der Waals surface area contributed by atoms with Crippen molar-refractivity contribution in [2.75, 3.05) is 38.7 Å². The first-order chi connectivity index (χ1) is 19.7. The van der Waals surface area contributed by atoms with E-state index in [0.29, 0.717) is 24.5 Å². The summed E-state index contributed by atoms with van der Waals surface area (Å²) in [6.45, 7) is 3.66. The van der Waals surface area contributed by atoms with Crippen LogP contribution in [0.4, 0.5) is 5.69 Å². The normalized spacial score (nSPS) is 11.7. The molecule has 0 aliphatic heterocycles. The second kappa shape index (κ2) is 14.4. The van der Waals surface area contributed by atoms with Crippen molar-refractivity contribution in [3.63, 3.8) is 0 Å². The van der Waals surface area contributed by atoms with E-state index in [0.717, 1.165) is 9.87 Å². The zero-order valence-electron chi connectivity index (χ0n) is 24.0. The smallest absolute Gasteiger partial charge is 0.264 e. The molecule has 2 amide bonds. The average Bonchev–Trinajstić information content (AvgIpc) is 3.00. The van der Waals surface area contributed by atoms with Crippen LogP contribution in [0, 0.1) is 0 Å². The Morgan fingerprint density at radius 3 is 2.12 bits per heavy atom. The lowest BCUT2D eigenvalue weighted by Gasteiger charge is -2.33. The van der Waals surface area contributed by atoms with E-state index in [1.54, 1.807) is 31.2 Å². The lowest BCUT2D eigenvalue weighted by Crippen LogP contribution is -2.51. The van der Waals surface area contributed by atoms with Crippen LogP contribution in [-0.4, -0.2) is 65.6 Å². The quantitative estimate of drug-likeness (QED) is 0.307. The van der Waals surface area contributed by atoms with Crippen molar-refractivity contribution in [2.45, 2.75) is 37.8 Å². The number of hydrogen-bond donors (Lipinski definition) is 1. The zero-order chi connectivity index (χ0) is 30.0. The van der Waals surface area contributed by atoms with Crippen molar-refractivity contribution in [1.82, 2.24) is 10.2 Å². The van der Waals surface area contributed by atoms with Crippen molar-refractivity contribution < 1.29 is 32.2 Å². The molecule has 10 nitrogen and oxygen atoms in total. The number of likely N-dealkylation sites (N-methyl/N-ethyl adjacent to an activating group) is 1. The zero-order valence-corrected chi connectivity index (χ0v) is 24.8. The molecule has 0 saturated heterocycles. The molecule has 0 bridgehead atoms. The van der Waals surface area contributed by atoms with Crippen LogP contribution in [-0.2, 0) is 26.2 Å². The van der Waals surface area contributed by atoms with Gasteiger partial charge in [-0.05, 0) is 55.3 Å². The van der Waals surface area contributed by atoms with Gasteiger partial charge in [-0.2, -0.15) is 0 Å². The van der Waals surface area contributed by atoms with Crippen LogP contribution >= 0.6 is 0 Å². The number of nitrogens with one attached hydrogen (secondary N) is 1. The third kappa shape index (κ3) is 7.49. The minimum Gasteiger partial charge on any atom is -0.494 e. The largest absolute Gasteiger partial charge is 0.494 e. The van der Waals surface area contributed by atoms with Gasteiger partial charge in [0.2, 0.25) is 11.8 Å². The molecule has 0 aliphatic carbocycles. The lowest BCUT2D eigenvalue weighted by atomic mass is 10.1. The maximum absolute atomic E-state index is 14.1. The van der Waals surface area contributed by atoms with Crippen LogP contribution in [0.25, 0.3) is 0 Å². The fraction of sp³-hybridized carbons (Fsp3) is 0.333. The van der Waals surface area contributed by atoms with Gasteiger partial charge in [0.15, 0.2) is 11.5 Å². The molecule has 220 valence electrons. The van der Waals surface area contributed by atoms with E-state index in [9.17, 15) is 18.0 Å². The fourth-order valence-corrected chi connectivity index (χ4v) is 5.80. The van der Waals surface area contributed by atoms with Gasteiger partial charge >= 0.3 is 0 Å². The van der Waals surface area contributed by atoms with E-state index >= 15 is 0 Å². The minimum absolute atomic E-state index is 0.0928. The van der Waals surface area contributed by atoms with Crippen LogP contribution in [0.1, 0.15) is 25.8 Å². The topological polar surface area (TPSA) is 114 Å². The maximum Gasteiger partial charge on any atom is 0.264 e. The number of ether oxygens (including phenoxy) is 3. The first-order valence-electron chi connectivity index (χ1n) is 13.2. The highest BCUT2D eigenvalue weighted by atomic mass is 32.2. The maximum atomic E-state index is 14.1. The molecular weight excluding hydrogens is 546 g/mol. The predicted molar refractivity (Wildman–Crippen MR) is 157 cm³/mol. The van der Waals surface area contributed by atoms with Crippen molar-refractivity contribution >= 4 is 27.5 Å². The van der Waals surface area contributed by atoms with Gasteiger partial charge in [-0.15, -0.1) is 0 Å². The molecule has 0 heterocycles. The van der Waals surface area contributed by atoms with E-state index in [-0.39, 0.29) is 28.8 Å². The first-order valence-corrected chi connectivity index (χ1v) is 14.7. The average molecular weight is 584 g/mol. The number of nitrogens with zero attached hydrogens (tertiary/aromatic N) is 2. The second-order valence-corrected chi connectivity index (χ2v) is 10.9. The Hall–Kier alpha value is -4.25. The molecule has 0 saturated carbocycles. The minimum atomic E-state index is -4.29. The highest BCUT2D eigenvalue weighted by molar-refractivity contribution is 7.92. The predicted octanol–water partition coefficient (Wildman–Crippen LogP) is 3.85. The number of anilines is 1. The number of sulfonamides is 1. The van der Waals surface area contributed by atoms with Crippen molar-refractivity contribution in [3.05, 3.63) is 78.4 Å². The van der Waals surface area contributed by atoms with Gasteiger partial charge in [0.25, 0.3) is 10.0 Å². The summed E-state index contributed by atoms with van der Waals surface area (Å²) in [4.78, 5) is 28.1. The molecule has 11 heteroatoms. The summed E-state index contributed by atoms with van der Waals surface area (Å²) in [6.07, 6.45) is 0.337. The number of hydrogen-bond acceptors (Lipinski definition) is 7. The highest BCUT2D eigenvalue weighted by Gasteiger charge is 2.33. The molecule has 0 spiro atoms. The number of rotatable bonds is 14. The van der Waals surface area contributed by atoms with Crippen molar-refractivity contribution in [3.8, 4) is 17.2 Å². The van der Waals surface area contributed by atoms with E-state index in [2.05, 4.69) is 5.32 Å². The third-order valence-corrected chi connectivity index (χ3v) is 8.26. The summed E-state index contributed by atoms with van der Waals surface area (Å²) in [6, 6.07) is 19.1. The number of carbonyl (C=O) groups excluding carboxylic acids is 2. The Morgan fingerprint density at radius 2 is 1.56 bits per heavy atom. The SMILES string of the molecule is CCOc1ccc(N(CC(=O)N(Cc2ccccc2)C(CC)C(=O)NC)S(=O)(=O)c2ccc(OC)c(OC)c2)cc1. The van der Waals surface area contributed by atoms with Crippen LogP contribution in [0.3, 0.4) is 0 Å². The van der Waals surface area contributed by atoms with Crippen molar-refractivity contribution in [1.29, 1.82) is 0 Å². The molecule has 3 rings (SSSR count). The number of amides is 2. The van der Waals surface area contributed by atoms with Gasteiger partial charge in [-0.1, -0.05) is 37.3 Å². The molecule has 0 aromatic heterocycles. The van der Waals surface area contributed by atoms with Crippen molar-refractivity contribution in [2.24, 2.45) is 0 Å². The Kier molecular flexibility index (Phi) is 11.0. The van der Waals surface area contributed by atoms with E-state index < -0.39 is 28.5 Å². The second-order valence-electron chi connectivity index (χ2n) is 9.00. The Balaban J connectivity index is 2.09. The van der Waals surface area contributed by atoms with E-state index in [4.69, 9.17) is 14.2 Å². The third-order valence-electron chi connectivity index (χ3n) is 6.49. The molecule has 1 unspecified atom stereocenters. The fourth-order valence-electron chi connectivity index (χ4n) is 4.37. The molecular formula is C30H37N3O7S. The van der Waals surface area contributed by atoms with Gasteiger partial charge in [-0.3, -0.25) is 13.9 Å². The highest BCUT2D eigenvalue weighted by Crippen LogP contribution is 2.33. The summed E-state index contributed by atoms with van der Waals surface area (Å²) in [7, 11) is 0.0794. The molecule has 0 fully saturated rings. The molecule has 1 atom stereocenters. The summed E-state index contributed by atoms with van der Waals surface area (Å²) in [5, 5.41) is 2.62. The number of carbonyl (C=O) groups is 2. The Bertz CT molecular complexity index is 1410. The molecule has 41 heavy (non-hydrogen) atoms. The van der Waals surface area contributed by atoms with Crippen LogP contribution < -0.4 is 23.8 Å². The molecule has 3 aromatic rings. The molecule has 1 N–H and O–H groups in total. The van der Waals surface area contributed by atoms with Gasteiger partial charge in [0, 0.05) is 19.7 Å². The lowest BCUT2D eigenvalue weighted by molar-refractivity contribution is -0.140. The molecule has 0 radical (unpaired) electrons. The van der Waals surface area contributed by atoms with E-state index in [1.165, 1.54) is 44.4 Å². The van der Waals surface area contributed by atoms with Gasteiger partial charge < -0.3 is 24.4 Å². The monoisotopic (exact) mass is 583 g/mol. The number of benzene rings is 3. The van der Waals surface area contributed by atoms with E-state index in [1.807, 2.05) is 37.3 Å². The Labute approximate surface area is 241 Å². The van der Waals surface area contributed by atoms with Gasteiger partial charge in [0.05, 0.1) is 31.4 Å². The summed E-state index contributed by atoms with van der Waals surface area (Å²) in [5.41, 5.74) is 1.06. The number of methoxy groups -OCH3 is 2. The summed E-state index contributed by atoms with van der Waals surface area (Å²) < 4.78 is 45.3. The van der Waals surface area contributed by atoms with Crippen LogP contribution in [0.15, 0.2) is 77.7 Å². The summed E-state index contributed by atoms with van der Waals surface area (Å²) in [5.74, 6) is 0.264. The molecule has 0 aliphatic rings. The van der Waals surface area contributed by atoms with Gasteiger partial charge in [0.1, 0.15) is 18.3 Å². The first kappa shape index (κ1) is 31.3. The Morgan fingerprint density at radius 1 is 0.902 bits per heavy atom. The molecule has 3 aromatic carbocycles. The van der Waals surface area contributed by atoms with Crippen LogP contribution in [0.5, 0.6) is 17.2 Å². The van der Waals surface area contributed by atoms with Gasteiger partial charge in [-0.25, -0.2) is 8.42 Å². The summed E-state index contributed by atoms with van der Waals surface area (Å²) >= 11 is 0. The standard InChI is InChI=1S/C30H37N3O7S/c1-6-26(30(35)31-3)32(20-22-11-9-8-10-12-22)29(34)21-33(23-13-15-24(16-14-23)40-7-2)41(36,37)25-17-18-27(38-4)28(19-25)39-5/h8-19,26H,6-7,20-21H2,1-5H3,(H,31,35).